The van der Waals surface area contributed by atoms with Crippen molar-refractivity contribution in [3.63, 3.8) is 0 Å². The van der Waals surface area contributed by atoms with Crippen LogP contribution in [-0.2, 0) is 0 Å². The fourth-order valence-corrected chi connectivity index (χ4v) is 2.42. The molecule has 3 rings (SSSR count). The van der Waals surface area contributed by atoms with Gasteiger partial charge in [0.2, 0.25) is 0 Å². The Morgan fingerprint density at radius 3 is 3.12 bits per heavy atom. The molecule has 84 valence electrons. The Kier molecular flexibility index (Phi) is 2.40. The number of hydrogen-bond donors (Lipinski definition) is 1. The molecular formula is C13H14FNO. The average molecular weight is 219 g/mol. The zero-order chi connectivity index (χ0) is 11.0. The fourth-order valence-electron chi connectivity index (χ4n) is 2.42. The van der Waals surface area contributed by atoms with Crippen molar-refractivity contribution in [2.24, 2.45) is 0 Å². The van der Waals surface area contributed by atoms with Crippen LogP contribution >= 0.6 is 0 Å². The van der Waals surface area contributed by atoms with E-state index in [0.717, 1.165) is 25.1 Å². The van der Waals surface area contributed by atoms with Gasteiger partial charge in [-0.2, -0.15) is 0 Å². The highest BCUT2D eigenvalue weighted by molar-refractivity contribution is 5.45. The summed E-state index contributed by atoms with van der Waals surface area (Å²) in [7, 11) is 0. The maximum atomic E-state index is 13.0. The molecule has 0 spiro atoms. The molecule has 1 aromatic rings. The summed E-state index contributed by atoms with van der Waals surface area (Å²) in [6.07, 6.45) is 3.35. The molecule has 3 heteroatoms. The fraction of sp³-hybridized carbons (Fsp3) is 0.385. The monoisotopic (exact) mass is 219 g/mol. The first-order valence-electron chi connectivity index (χ1n) is 5.66. The maximum Gasteiger partial charge on any atom is 0.126 e. The molecule has 16 heavy (non-hydrogen) atoms. The third-order valence-electron chi connectivity index (χ3n) is 3.26. The van der Waals surface area contributed by atoms with Crippen molar-refractivity contribution in [3.8, 4) is 5.75 Å². The Bertz CT molecular complexity index is 442. The minimum Gasteiger partial charge on any atom is -0.492 e. The summed E-state index contributed by atoms with van der Waals surface area (Å²) in [5.41, 5.74) is 2.49. The third kappa shape index (κ3) is 1.61. The van der Waals surface area contributed by atoms with Gasteiger partial charge >= 0.3 is 0 Å². The van der Waals surface area contributed by atoms with Crippen molar-refractivity contribution in [1.29, 1.82) is 0 Å². The van der Waals surface area contributed by atoms with Gasteiger partial charge < -0.3 is 10.1 Å². The first-order chi connectivity index (χ1) is 7.84. The number of fused-ring (bicyclic) bond motifs is 1. The van der Waals surface area contributed by atoms with Gasteiger partial charge in [0.1, 0.15) is 11.6 Å². The third-order valence-corrected chi connectivity index (χ3v) is 3.26. The SMILES string of the molecule is Fc1ccc2c(c1)OCC2C1=CCCNC1. The smallest absolute Gasteiger partial charge is 0.126 e. The predicted molar refractivity (Wildman–Crippen MR) is 60.2 cm³/mol. The minimum atomic E-state index is -0.227. The van der Waals surface area contributed by atoms with Crippen molar-refractivity contribution in [3.05, 3.63) is 41.2 Å². The van der Waals surface area contributed by atoms with Crippen LogP contribution in [0.1, 0.15) is 17.9 Å². The van der Waals surface area contributed by atoms with Crippen LogP contribution in [0.3, 0.4) is 0 Å². The van der Waals surface area contributed by atoms with E-state index >= 15 is 0 Å². The maximum absolute atomic E-state index is 13.0. The van der Waals surface area contributed by atoms with Gasteiger partial charge in [-0.3, -0.25) is 0 Å². The molecule has 0 amide bonds. The van der Waals surface area contributed by atoms with Gasteiger partial charge in [-0.1, -0.05) is 12.1 Å². The predicted octanol–water partition coefficient (Wildman–Crippen LogP) is 2.22. The van der Waals surface area contributed by atoms with E-state index in [9.17, 15) is 4.39 Å². The van der Waals surface area contributed by atoms with E-state index < -0.39 is 0 Å². The topological polar surface area (TPSA) is 21.3 Å². The van der Waals surface area contributed by atoms with Gasteiger partial charge in [-0.05, 0) is 24.6 Å². The minimum absolute atomic E-state index is 0.227. The highest BCUT2D eigenvalue weighted by Gasteiger charge is 2.27. The lowest BCUT2D eigenvalue weighted by Crippen LogP contribution is -2.25. The average Bonchev–Trinajstić information content (AvgIpc) is 2.73. The van der Waals surface area contributed by atoms with Gasteiger partial charge in [0.05, 0.1) is 6.61 Å². The number of hydrogen-bond acceptors (Lipinski definition) is 2. The van der Waals surface area contributed by atoms with Gasteiger partial charge in [-0.15, -0.1) is 0 Å². The van der Waals surface area contributed by atoms with Crippen LogP contribution in [0.4, 0.5) is 4.39 Å². The summed E-state index contributed by atoms with van der Waals surface area (Å²) < 4.78 is 18.6. The molecule has 1 unspecified atom stereocenters. The number of nitrogens with one attached hydrogen (secondary N) is 1. The number of rotatable bonds is 1. The second kappa shape index (κ2) is 3.91. The van der Waals surface area contributed by atoms with Crippen molar-refractivity contribution in [2.45, 2.75) is 12.3 Å². The van der Waals surface area contributed by atoms with Crippen molar-refractivity contribution >= 4 is 0 Å². The molecule has 2 heterocycles. The first-order valence-corrected chi connectivity index (χ1v) is 5.66. The highest BCUT2D eigenvalue weighted by atomic mass is 19.1. The quantitative estimate of drug-likeness (QED) is 0.731. The van der Waals surface area contributed by atoms with Gasteiger partial charge in [0.15, 0.2) is 0 Å². The second-order valence-electron chi connectivity index (χ2n) is 4.29. The number of benzene rings is 1. The molecule has 0 fully saturated rings. The largest absolute Gasteiger partial charge is 0.492 e. The molecule has 2 aliphatic rings. The summed E-state index contributed by atoms with van der Waals surface area (Å²) in [6.45, 7) is 2.62. The molecule has 1 N–H and O–H groups in total. The van der Waals surface area contributed by atoms with E-state index in [2.05, 4.69) is 11.4 Å². The zero-order valence-corrected chi connectivity index (χ0v) is 9.00. The van der Waals surface area contributed by atoms with Crippen LogP contribution < -0.4 is 10.1 Å². The van der Waals surface area contributed by atoms with Gasteiger partial charge in [0, 0.05) is 24.1 Å². The van der Waals surface area contributed by atoms with Crippen LogP contribution in [0.25, 0.3) is 0 Å². The van der Waals surface area contributed by atoms with E-state index in [0.29, 0.717) is 18.3 Å². The van der Waals surface area contributed by atoms with Crippen molar-refractivity contribution < 1.29 is 9.13 Å². The lowest BCUT2D eigenvalue weighted by molar-refractivity contribution is 0.338. The lowest BCUT2D eigenvalue weighted by Gasteiger charge is -2.19. The van der Waals surface area contributed by atoms with E-state index in [1.54, 1.807) is 0 Å². The molecular weight excluding hydrogens is 205 g/mol. The Labute approximate surface area is 94.1 Å². The Balaban J connectivity index is 1.93. The van der Waals surface area contributed by atoms with E-state index in [1.807, 2.05) is 6.07 Å². The molecule has 0 radical (unpaired) electrons. The Hall–Kier alpha value is -1.35. The first kappa shape index (κ1) is 9.85. The molecule has 2 nitrogen and oxygen atoms in total. The zero-order valence-electron chi connectivity index (χ0n) is 9.00. The molecule has 0 aromatic heterocycles. The summed E-state index contributed by atoms with van der Waals surface area (Å²) in [5, 5.41) is 3.36. The Morgan fingerprint density at radius 1 is 1.38 bits per heavy atom. The van der Waals surface area contributed by atoms with Crippen LogP contribution in [0.2, 0.25) is 0 Å². The normalized spacial score (nSPS) is 23.6. The molecule has 0 saturated heterocycles. The van der Waals surface area contributed by atoms with Crippen molar-refractivity contribution in [1.82, 2.24) is 5.32 Å². The van der Waals surface area contributed by atoms with E-state index in [4.69, 9.17) is 4.74 Å². The molecule has 1 atom stereocenters. The summed E-state index contributed by atoms with van der Waals surface area (Å²) in [6, 6.07) is 4.83. The van der Waals surface area contributed by atoms with Crippen LogP contribution in [0.5, 0.6) is 5.75 Å². The van der Waals surface area contributed by atoms with Gasteiger partial charge in [-0.25, -0.2) is 4.39 Å². The number of halogens is 1. The van der Waals surface area contributed by atoms with Crippen LogP contribution in [-0.4, -0.2) is 19.7 Å². The lowest BCUT2D eigenvalue weighted by atomic mass is 9.91. The van der Waals surface area contributed by atoms with Crippen LogP contribution in [0, 0.1) is 5.82 Å². The molecule has 0 aliphatic carbocycles. The van der Waals surface area contributed by atoms with Gasteiger partial charge in [0.25, 0.3) is 0 Å². The number of ether oxygens (including phenoxy) is 1. The summed E-state index contributed by atoms with van der Waals surface area (Å²) >= 11 is 0. The van der Waals surface area contributed by atoms with E-state index in [1.165, 1.54) is 17.7 Å². The van der Waals surface area contributed by atoms with Crippen LogP contribution in [0.15, 0.2) is 29.8 Å². The van der Waals surface area contributed by atoms with Crippen molar-refractivity contribution in [2.75, 3.05) is 19.7 Å². The summed E-state index contributed by atoms with van der Waals surface area (Å²) in [5.74, 6) is 0.787. The molecule has 2 aliphatic heterocycles. The molecule has 1 aromatic carbocycles. The van der Waals surface area contributed by atoms with E-state index in [-0.39, 0.29) is 5.82 Å². The Morgan fingerprint density at radius 2 is 2.31 bits per heavy atom. The standard InChI is InChI=1S/C13H14FNO/c14-10-3-4-11-12(8-16-13(11)6-10)9-2-1-5-15-7-9/h2-4,6,12,15H,1,5,7-8H2. The molecule has 0 saturated carbocycles. The second-order valence-corrected chi connectivity index (χ2v) is 4.29. The molecule has 0 bridgehead atoms. The summed E-state index contributed by atoms with van der Waals surface area (Å²) in [4.78, 5) is 0. The highest BCUT2D eigenvalue weighted by Crippen LogP contribution is 2.38.